The molecule has 0 bridgehead atoms. The van der Waals surface area contributed by atoms with E-state index in [0.29, 0.717) is 6.42 Å². The van der Waals surface area contributed by atoms with Gasteiger partial charge in [0.2, 0.25) is 5.91 Å². The summed E-state index contributed by atoms with van der Waals surface area (Å²) in [6, 6.07) is 13.9. The quantitative estimate of drug-likeness (QED) is 0.788. The first-order chi connectivity index (χ1) is 12.9. The van der Waals surface area contributed by atoms with Gasteiger partial charge in [-0.25, -0.2) is 17.5 Å². The normalized spacial score (nSPS) is 17.4. The molecule has 1 saturated heterocycles. The van der Waals surface area contributed by atoms with Crippen LogP contribution in [0.4, 0.5) is 4.79 Å². The van der Waals surface area contributed by atoms with Crippen LogP contribution in [0, 0.1) is 6.92 Å². The van der Waals surface area contributed by atoms with E-state index >= 15 is 0 Å². The van der Waals surface area contributed by atoms with Crippen LogP contribution in [0.2, 0.25) is 0 Å². The van der Waals surface area contributed by atoms with Gasteiger partial charge in [0, 0.05) is 6.42 Å². The number of amides is 3. The SMILES string of the molecule is CCCC(=O)N1C(=O)N(S(=O)(=O)c2ccc(C)cc2)C[C@H]1c1ccccc1. The van der Waals surface area contributed by atoms with Crippen LogP contribution in [0.5, 0.6) is 0 Å². The molecular weight excluding hydrogens is 364 g/mol. The Morgan fingerprint density at radius 1 is 1.07 bits per heavy atom. The van der Waals surface area contributed by atoms with Crippen LogP contribution >= 0.6 is 0 Å². The van der Waals surface area contributed by atoms with E-state index in [4.69, 9.17) is 0 Å². The maximum Gasteiger partial charge on any atom is 0.341 e. The number of imide groups is 1. The molecule has 3 rings (SSSR count). The Bertz CT molecular complexity index is 940. The maximum absolute atomic E-state index is 13.0. The Kier molecular flexibility index (Phi) is 5.32. The lowest BCUT2D eigenvalue weighted by atomic mass is 10.1. The van der Waals surface area contributed by atoms with Gasteiger partial charge in [0.15, 0.2) is 0 Å². The lowest BCUT2D eigenvalue weighted by Crippen LogP contribution is -2.39. The molecule has 0 aromatic heterocycles. The highest BCUT2D eigenvalue weighted by Crippen LogP contribution is 2.34. The van der Waals surface area contributed by atoms with E-state index in [1.165, 1.54) is 12.1 Å². The Hall–Kier alpha value is -2.67. The molecular formula is C20H22N2O4S. The predicted octanol–water partition coefficient (Wildman–Crippen LogP) is 3.49. The second kappa shape index (κ2) is 7.52. The largest absolute Gasteiger partial charge is 0.341 e. The number of nitrogens with zero attached hydrogens (tertiary/aromatic N) is 2. The zero-order valence-electron chi connectivity index (χ0n) is 15.3. The summed E-state index contributed by atoms with van der Waals surface area (Å²) in [5.74, 6) is -0.363. The molecule has 1 heterocycles. The average molecular weight is 386 g/mol. The lowest BCUT2D eigenvalue weighted by molar-refractivity contribution is -0.129. The standard InChI is InChI=1S/C20H22N2O4S/c1-3-7-19(23)22-18(16-8-5-4-6-9-16)14-21(20(22)24)27(25,26)17-12-10-15(2)11-13-17/h4-6,8-13,18H,3,7,14H2,1-2H3/t18-/m0/s1. The fourth-order valence-electron chi connectivity index (χ4n) is 3.15. The molecule has 1 aliphatic rings. The van der Waals surface area contributed by atoms with Crippen molar-refractivity contribution in [3.05, 3.63) is 65.7 Å². The molecule has 1 aliphatic heterocycles. The van der Waals surface area contributed by atoms with E-state index in [1.807, 2.05) is 19.9 Å². The van der Waals surface area contributed by atoms with Gasteiger partial charge < -0.3 is 0 Å². The van der Waals surface area contributed by atoms with Gasteiger partial charge in [-0.2, -0.15) is 0 Å². The molecule has 0 saturated carbocycles. The number of urea groups is 1. The summed E-state index contributed by atoms with van der Waals surface area (Å²) in [5.41, 5.74) is 1.65. The Morgan fingerprint density at radius 3 is 2.30 bits per heavy atom. The van der Waals surface area contributed by atoms with Crippen molar-refractivity contribution in [1.82, 2.24) is 9.21 Å². The second-order valence-corrected chi connectivity index (χ2v) is 8.43. The van der Waals surface area contributed by atoms with Crippen LogP contribution in [0.3, 0.4) is 0 Å². The van der Waals surface area contributed by atoms with Crippen molar-refractivity contribution in [2.75, 3.05) is 6.54 Å². The van der Waals surface area contributed by atoms with Crippen molar-refractivity contribution in [1.29, 1.82) is 0 Å². The Balaban J connectivity index is 2.01. The minimum Gasteiger partial charge on any atom is -0.274 e. The molecule has 0 radical (unpaired) electrons. The van der Waals surface area contributed by atoms with Crippen LogP contribution in [0.15, 0.2) is 59.5 Å². The Morgan fingerprint density at radius 2 is 1.70 bits per heavy atom. The lowest BCUT2D eigenvalue weighted by Gasteiger charge is -2.21. The molecule has 6 nitrogen and oxygen atoms in total. The number of hydrogen-bond donors (Lipinski definition) is 0. The van der Waals surface area contributed by atoms with E-state index in [2.05, 4.69) is 0 Å². The summed E-state index contributed by atoms with van der Waals surface area (Å²) in [5, 5.41) is 0. The molecule has 27 heavy (non-hydrogen) atoms. The van der Waals surface area contributed by atoms with Crippen molar-refractivity contribution >= 4 is 22.0 Å². The predicted molar refractivity (Wildman–Crippen MR) is 101 cm³/mol. The van der Waals surface area contributed by atoms with E-state index in [1.54, 1.807) is 36.4 Å². The number of aryl methyl sites for hydroxylation is 1. The van der Waals surface area contributed by atoms with Gasteiger partial charge in [-0.3, -0.25) is 9.69 Å². The zero-order chi connectivity index (χ0) is 19.6. The van der Waals surface area contributed by atoms with Crippen LogP contribution in [0.1, 0.15) is 36.9 Å². The third-order valence-corrected chi connectivity index (χ3v) is 6.35. The van der Waals surface area contributed by atoms with Gasteiger partial charge in [0.1, 0.15) is 0 Å². The van der Waals surface area contributed by atoms with Crippen molar-refractivity contribution in [3.8, 4) is 0 Å². The van der Waals surface area contributed by atoms with Crippen LogP contribution < -0.4 is 0 Å². The Labute approximate surface area is 159 Å². The summed E-state index contributed by atoms with van der Waals surface area (Å²) in [6.07, 6.45) is 0.766. The number of hydrogen-bond acceptors (Lipinski definition) is 4. The minimum atomic E-state index is -4.04. The van der Waals surface area contributed by atoms with Gasteiger partial charge in [-0.15, -0.1) is 0 Å². The molecule has 2 aromatic rings. The molecule has 142 valence electrons. The van der Waals surface area contributed by atoms with Crippen molar-refractivity contribution in [2.24, 2.45) is 0 Å². The van der Waals surface area contributed by atoms with Gasteiger partial charge in [-0.05, 0) is 31.0 Å². The van der Waals surface area contributed by atoms with E-state index in [0.717, 1.165) is 20.3 Å². The number of carbonyl (C=O) groups is 2. The maximum atomic E-state index is 13.0. The first-order valence-corrected chi connectivity index (χ1v) is 10.3. The molecule has 1 atom stereocenters. The first kappa shape index (κ1) is 19.1. The topological polar surface area (TPSA) is 74.8 Å². The third-order valence-electron chi connectivity index (χ3n) is 4.60. The molecule has 1 fully saturated rings. The summed E-state index contributed by atoms with van der Waals surface area (Å²) < 4.78 is 26.9. The molecule has 7 heteroatoms. The number of benzene rings is 2. The van der Waals surface area contributed by atoms with Crippen molar-refractivity contribution < 1.29 is 18.0 Å². The smallest absolute Gasteiger partial charge is 0.274 e. The number of rotatable bonds is 5. The van der Waals surface area contributed by atoms with Gasteiger partial charge >= 0.3 is 6.03 Å². The minimum absolute atomic E-state index is 0.0399. The molecule has 0 spiro atoms. The number of carbonyl (C=O) groups excluding carboxylic acids is 2. The van der Waals surface area contributed by atoms with Crippen molar-refractivity contribution in [3.63, 3.8) is 0 Å². The van der Waals surface area contributed by atoms with Crippen LogP contribution in [-0.4, -0.2) is 36.1 Å². The van der Waals surface area contributed by atoms with E-state index in [-0.39, 0.29) is 23.8 Å². The third kappa shape index (κ3) is 3.60. The molecule has 0 N–H and O–H groups in total. The highest BCUT2D eigenvalue weighted by Gasteiger charge is 2.47. The van der Waals surface area contributed by atoms with Crippen LogP contribution in [-0.2, 0) is 14.8 Å². The highest BCUT2D eigenvalue weighted by atomic mass is 32.2. The van der Waals surface area contributed by atoms with Crippen LogP contribution in [0.25, 0.3) is 0 Å². The number of sulfonamides is 1. The second-order valence-electron chi connectivity index (χ2n) is 6.57. The molecule has 2 aromatic carbocycles. The fourth-order valence-corrected chi connectivity index (χ4v) is 4.52. The van der Waals surface area contributed by atoms with E-state index in [9.17, 15) is 18.0 Å². The first-order valence-electron chi connectivity index (χ1n) is 8.86. The monoisotopic (exact) mass is 386 g/mol. The van der Waals surface area contributed by atoms with Gasteiger partial charge in [0.25, 0.3) is 10.0 Å². The van der Waals surface area contributed by atoms with Crippen molar-refractivity contribution in [2.45, 2.75) is 37.6 Å². The summed E-state index contributed by atoms with van der Waals surface area (Å²) in [7, 11) is -4.04. The fraction of sp³-hybridized carbons (Fsp3) is 0.300. The average Bonchev–Trinajstić information content (AvgIpc) is 3.01. The summed E-state index contributed by atoms with van der Waals surface area (Å²) in [4.78, 5) is 26.6. The summed E-state index contributed by atoms with van der Waals surface area (Å²) >= 11 is 0. The van der Waals surface area contributed by atoms with Gasteiger partial charge in [-0.1, -0.05) is 55.0 Å². The molecule has 0 unspecified atom stereocenters. The molecule has 3 amide bonds. The zero-order valence-corrected chi connectivity index (χ0v) is 16.1. The highest BCUT2D eigenvalue weighted by molar-refractivity contribution is 7.89. The molecule has 0 aliphatic carbocycles. The summed E-state index contributed by atoms with van der Waals surface area (Å²) in [6.45, 7) is 3.61. The van der Waals surface area contributed by atoms with E-state index < -0.39 is 22.1 Å². The van der Waals surface area contributed by atoms with Gasteiger partial charge in [0.05, 0.1) is 17.5 Å².